The average Bonchev–Trinajstić information content (AvgIpc) is 2.31. The maximum atomic E-state index is 13.1. The maximum Gasteiger partial charge on any atom is 0.145 e. The van der Waals surface area contributed by atoms with Crippen LogP contribution in [-0.2, 0) is 6.61 Å². The minimum Gasteiger partial charge on any atom is -0.489 e. The summed E-state index contributed by atoms with van der Waals surface area (Å²) in [7, 11) is 0. The van der Waals surface area contributed by atoms with E-state index in [1.165, 1.54) is 24.3 Å². The zero-order valence-corrected chi connectivity index (χ0v) is 9.55. The standard InChI is InChI=1S/C13H9ClF2O/c14-12-5-4-11(7-13(12)16)17-8-9-2-1-3-10(15)6-9/h1-7H,8H2. The Balaban J connectivity index is 2.05. The van der Waals surface area contributed by atoms with Crippen LogP contribution in [0.4, 0.5) is 8.78 Å². The van der Waals surface area contributed by atoms with Gasteiger partial charge in [-0.1, -0.05) is 23.7 Å². The lowest BCUT2D eigenvalue weighted by molar-refractivity contribution is 0.304. The summed E-state index contributed by atoms with van der Waals surface area (Å²) in [4.78, 5) is 0. The zero-order chi connectivity index (χ0) is 12.3. The second-order valence-electron chi connectivity index (χ2n) is 3.49. The van der Waals surface area contributed by atoms with Crippen molar-refractivity contribution in [3.8, 4) is 5.75 Å². The molecule has 4 heteroatoms. The molecule has 0 radical (unpaired) electrons. The number of rotatable bonds is 3. The van der Waals surface area contributed by atoms with Crippen molar-refractivity contribution in [2.24, 2.45) is 0 Å². The molecule has 0 bridgehead atoms. The lowest BCUT2D eigenvalue weighted by Gasteiger charge is -2.06. The molecule has 0 N–H and O–H groups in total. The Labute approximate surface area is 103 Å². The largest absolute Gasteiger partial charge is 0.489 e. The fourth-order valence-electron chi connectivity index (χ4n) is 1.36. The van der Waals surface area contributed by atoms with E-state index in [0.29, 0.717) is 11.3 Å². The van der Waals surface area contributed by atoms with Gasteiger partial charge in [-0.25, -0.2) is 8.78 Å². The number of benzene rings is 2. The summed E-state index contributed by atoms with van der Waals surface area (Å²) in [6, 6.07) is 10.2. The van der Waals surface area contributed by atoms with E-state index in [9.17, 15) is 8.78 Å². The van der Waals surface area contributed by atoms with Gasteiger partial charge in [0.2, 0.25) is 0 Å². The van der Waals surface area contributed by atoms with Gasteiger partial charge in [-0.15, -0.1) is 0 Å². The van der Waals surface area contributed by atoms with Crippen LogP contribution in [0.1, 0.15) is 5.56 Å². The van der Waals surface area contributed by atoms with Crippen LogP contribution in [0, 0.1) is 11.6 Å². The summed E-state index contributed by atoms with van der Waals surface area (Å²) in [5, 5.41) is 0.0445. The highest BCUT2D eigenvalue weighted by Gasteiger charge is 2.02. The third kappa shape index (κ3) is 3.17. The molecule has 2 rings (SSSR count). The third-order valence-corrected chi connectivity index (χ3v) is 2.49. The monoisotopic (exact) mass is 254 g/mol. The quantitative estimate of drug-likeness (QED) is 0.798. The molecule has 0 aliphatic rings. The minimum absolute atomic E-state index is 0.0445. The van der Waals surface area contributed by atoms with E-state index in [2.05, 4.69) is 0 Å². The first kappa shape index (κ1) is 11.9. The summed E-state index contributed by atoms with van der Waals surface area (Å²) in [5.74, 6) is -0.507. The smallest absolute Gasteiger partial charge is 0.145 e. The molecule has 0 unspecified atom stereocenters. The van der Waals surface area contributed by atoms with Gasteiger partial charge < -0.3 is 4.74 Å². The van der Waals surface area contributed by atoms with Gasteiger partial charge in [0.05, 0.1) is 5.02 Å². The Kier molecular flexibility index (Phi) is 3.59. The SMILES string of the molecule is Fc1cccc(COc2ccc(Cl)c(F)c2)c1. The molecule has 0 aliphatic carbocycles. The fraction of sp³-hybridized carbons (Fsp3) is 0.0769. The first-order valence-corrected chi connectivity index (χ1v) is 5.35. The van der Waals surface area contributed by atoms with Gasteiger partial charge >= 0.3 is 0 Å². The fourth-order valence-corrected chi connectivity index (χ4v) is 1.48. The van der Waals surface area contributed by atoms with Crippen molar-refractivity contribution in [1.29, 1.82) is 0 Å². The van der Waals surface area contributed by atoms with E-state index in [0.717, 1.165) is 0 Å². The predicted molar refractivity (Wildman–Crippen MR) is 62.1 cm³/mol. The molecule has 0 saturated carbocycles. The second-order valence-corrected chi connectivity index (χ2v) is 3.90. The van der Waals surface area contributed by atoms with E-state index < -0.39 is 5.82 Å². The molecular weight excluding hydrogens is 246 g/mol. The highest BCUT2D eigenvalue weighted by atomic mass is 35.5. The molecular formula is C13H9ClF2O. The number of ether oxygens (including phenoxy) is 1. The molecule has 0 fully saturated rings. The van der Waals surface area contributed by atoms with Crippen LogP contribution in [0.15, 0.2) is 42.5 Å². The van der Waals surface area contributed by atoms with Crippen LogP contribution in [0.5, 0.6) is 5.75 Å². The Morgan fingerprint density at radius 1 is 1.06 bits per heavy atom. The second kappa shape index (κ2) is 5.15. The summed E-state index contributed by atoms with van der Waals surface area (Å²) in [5.41, 5.74) is 0.681. The van der Waals surface area contributed by atoms with E-state index in [1.54, 1.807) is 18.2 Å². The van der Waals surface area contributed by atoms with Gasteiger partial charge in [0.1, 0.15) is 24.0 Å². The Morgan fingerprint density at radius 3 is 2.59 bits per heavy atom. The first-order chi connectivity index (χ1) is 8.15. The van der Waals surface area contributed by atoms with Crippen LogP contribution < -0.4 is 4.74 Å². The van der Waals surface area contributed by atoms with E-state index in [1.807, 2.05) is 0 Å². The minimum atomic E-state index is -0.539. The van der Waals surface area contributed by atoms with Crippen LogP contribution in [0.2, 0.25) is 5.02 Å². The van der Waals surface area contributed by atoms with Gasteiger partial charge in [0.25, 0.3) is 0 Å². The zero-order valence-electron chi connectivity index (χ0n) is 8.79. The van der Waals surface area contributed by atoms with E-state index >= 15 is 0 Å². The molecule has 88 valence electrons. The summed E-state index contributed by atoms with van der Waals surface area (Å²) in [6.07, 6.45) is 0. The molecule has 0 heterocycles. The molecule has 0 saturated heterocycles. The molecule has 0 aliphatic heterocycles. The highest BCUT2D eigenvalue weighted by Crippen LogP contribution is 2.21. The van der Waals surface area contributed by atoms with Crippen molar-refractivity contribution in [3.05, 3.63) is 64.7 Å². The van der Waals surface area contributed by atoms with E-state index in [4.69, 9.17) is 16.3 Å². The predicted octanol–water partition coefficient (Wildman–Crippen LogP) is 4.20. The van der Waals surface area contributed by atoms with Crippen molar-refractivity contribution < 1.29 is 13.5 Å². The maximum absolute atomic E-state index is 13.1. The molecule has 0 aromatic heterocycles. The molecule has 2 aromatic rings. The summed E-state index contributed by atoms with van der Waals surface area (Å²) in [6.45, 7) is 0.179. The van der Waals surface area contributed by atoms with Gasteiger partial charge in [-0.3, -0.25) is 0 Å². The normalized spacial score (nSPS) is 10.3. The van der Waals surface area contributed by atoms with Crippen molar-refractivity contribution in [2.75, 3.05) is 0 Å². The average molecular weight is 255 g/mol. The van der Waals surface area contributed by atoms with Crippen molar-refractivity contribution in [2.45, 2.75) is 6.61 Å². The lowest BCUT2D eigenvalue weighted by atomic mass is 10.2. The summed E-state index contributed by atoms with van der Waals surface area (Å²) < 4.78 is 31.3. The van der Waals surface area contributed by atoms with Crippen LogP contribution in [0.25, 0.3) is 0 Å². The van der Waals surface area contributed by atoms with Crippen LogP contribution in [0.3, 0.4) is 0 Å². The topological polar surface area (TPSA) is 9.23 Å². The van der Waals surface area contributed by atoms with Gasteiger partial charge in [0.15, 0.2) is 0 Å². The molecule has 0 atom stereocenters. The molecule has 2 aromatic carbocycles. The molecule has 17 heavy (non-hydrogen) atoms. The van der Waals surface area contributed by atoms with Gasteiger partial charge in [-0.05, 0) is 29.8 Å². The molecule has 0 spiro atoms. The van der Waals surface area contributed by atoms with Crippen molar-refractivity contribution in [1.82, 2.24) is 0 Å². The Hall–Kier alpha value is -1.61. The Morgan fingerprint density at radius 2 is 1.88 bits per heavy atom. The van der Waals surface area contributed by atoms with Crippen molar-refractivity contribution >= 4 is 11.6 Å². The highest BCUT2D eigenvalue weighted by molar-refractivity contribution is 6.30. The van der Waals surface area contributed by atoms with Crippen molar-refractivity contribution in [3.63, 3.8) is 0 Å². The van der Waals surface area contributed by atoms with Crippen LogP contribution >= 0.6 is 11.6 Å². The third-order valence-electron chi connectivity index (χ3n) is 2.19. The number of halogens is 3. The van der Waals surface area contributed by atoms with Gasteiger partial charge in [-0.2, -0.15) is 0 Å². The first-order valence-electron chi connectivity index (χ1n) is 4.97. The Bertz CT molecular complexity index is 529. The van der Waals surface area contributed by atoms with E-state index in [-0.39, 0.29) is 17.4 Å². The number of hydrogen-bond acceptors (Lipinski definition) is 1. The molecule has 0 amide bonds. The lowest BCUT2D eigenvalue weighted by Crippen LogP contribution is -1.96. The van der Waals surface area contributed by atoms with Crippen LogP contribution in [-0.4, -0.2) is 0 Å². The summed E-state index contributed by atoms with van der Waals surface area (Å²) >= 11 is 5.54. The molecule has 1 nitrogen and oxygen atoms in total. The van der Waals surface area contributed by atoms with Gasteiger partial charge in [0, 0.05) is 6.07 Å². The number of hydrogen-bond donors (Lipinski definition) is 0.